The van der Waals surface area contributed by atoms with Crippen LogP contribution in [0.5, 0.6) is 11.5 Å². The van der Waals surface area contributed by atoms with E-state index in [2.05, 4.69) is 10.2 Å². The van der Waals surface area contributed by atoms with Gasteiger partial charge in [0.15, 0.2) is 11.5 Å². The molecule has 6 nitrogen and oxygen atoms in total. The first-order valence-corrected chi connectivity index (χ1v) is 10.5. The van der Waals surface area contributed by atoms with Crippen LogP contribution in [0, 0.1) is 0 Å². The molecule has 4 atom stereocenters. The fourth-order valence-electron chi connectivity index (χ4n) is 2.67. The number of fused-ring (bicyclic) bond motifs is 2. The first kappa shape index (κ1) is 16.9. The number of benzene rings is 2. The maximum Gasteiger partial charge on any atom is 0.350 e. The summed E-state index contributed by atoms with van der Waals surface area (Å²) >= 11 is 0. The van der Waals surface area contributed by atoms with E-state index in [-0.39, 0.29) is 12.2 Å². The molecule has 0 aromatic heterocycles. The first-order valence-electron chi connectivity index (χ1n) is 8.18. The van der Waals surface area contributed by atoms with Gasteiger partial charge in [0.1, 0.15) is 0 Å². The van der Waals surface area contributed by atoms with E-state index < -0.39 is 17.1 Å². The van der Waals surface area contributed by atoms with Gasteiger partial charge in [-0.2, -0.15) is 0 Å². The SMILES string of the molecule is CC(CC(C)OP1Nc2ccccc2O1)OP1Nc2ccccc2O1. The van der Waals surface area contributed by atoms with Gasteiger partial charge < -0.3 is 28.3 Å². The lowest BCUT2D eigenvalue weighted by atomic mass is 10.2. The van der Waals surface area contributed by atoms with Crippen molar-refractivity contribution in [2.24, 2.45) is 0 Å². The summed E-state index contributed by atoms with van der Waals surface area (Å²) in [4.78, 5) is 0. The van der Waals surface area contributed by atoms with E-state index in [1.54, 1.807) is 0 Å². The zero-order valence-electron chi connectivity index (χ0n) is 14.0. The molecule has 2 N–H and O–H groups in total. The lowest BCUT2D eigenvalue weighted by Crippen LogP contribution is -2.17. The van der Waals surface area contributed by atoms with E-state index in [0.717, 1.165) is 29.3 Å². The lowest BCUT2D eigenvalue weighted by Gasteiger charge is -2.21. The van der Waals surface area contributed by atoms with Gasteiger partial charge in [0.05, 0.1) is 23.6 Å². The highest BCUT2D eigenvalue weighted by Crippen LogP contribution is 2.53. The molecule has 0 saturated heterocycles. The summed E-state index contributed by atoms with van der Waals surface area (Å²) in [6.45, 7) is 4.06. The third kappa shape index (κ3) is 3.99. The van der Waals surface area contributed by atoms with Crippen molar-refractivity contribution in [2.75, 3.05) is 10.2 Å². The Morgan fingerprint density at radius 3 is 1.68 bits per heavy atom. The molecule has 4 unspecified atom stereocenters. The van der Waals surface area contributed by atoms with Crippen molar-refractivity contribution in [1.29, 1.82) is 0 Å². The molecule has 8 heteroatoms. The summed E-state index contributed by atoms with van der Waals surface area (Å²) in [5.74, 6) is 1.68. The van der Waals surface area contributed by atoms with E-state index in [1.807, 2.05) is 62.4 Å². The zero-order chi connectivity index (χ0) is 17.2. The number of nitrogens with one attached hydrogen (secondary N) is 2. The number of rotatable bonds is 6. The summed E-state index contributed by atoms with van der Waals surface area (Å²) < 4.78 is 23.6. The Bertz CT molecular complexity index is 637. The second-order valence-corrected chi connectivity index (χ2v) is 8.24. The van der Waals surface area contributed by atoms with E-state index in [0.29, 0.717) is 0 Å². The summed E-state index contributed by atoms with van der Waals surface area (Å²) in [6.07, 6.45) is 0.756. The van der Waals surface area contributed by atoms with E-state index in [1.165, 1.54) is 0 Å². The van der Waals surface area contributed by atoms with Crippen LogP contribution in [0.25, 0.3) is 0 Å². The molecular weight excluding hydrogens is 358 g/mol. The molecule has 2 heterocycles. The van der Waals surface area contributed by atoms with Gasteiger partial charge in [-0.15, -0.1) is 0 Å². The summed E-state index contributed by atoms with van der Waals surface area (Å²) in [6, 6.07) is 15.7. The van der Waals surface area contributed by atoms with Crippen LogP contribution in [0.1, 0.15) is 20.3 Å². The molecule has 4 rings (SSSR count). The Balaban J connectivity index is 1.23. The maximum atomic E-state index is 5.99. The number of hydrogen-bond donors (Lipinski definition) is 2. The molecule has 2 aliphatic heterocycles. The average Bonchev–Trinajstić information content (AvgIpc) is 3.16. The highest BCUT2D eigenvalue weighted by Gasteiger charge is 2.29. The van der Waals surface area contributed by atoms with Crippen molar-refractivity contribution in [1.82, 2.24) is 0 Å². The van der Waals surface area contributed by atoms with Gasteiger partial charge in [0.25, 0.3) is 0 Å². The molecule has 0 bridgehead atoms. The van der Waals surface area contributed by atoms with Crippen LogP contribution in [0.3, 0.4) is 0 Å². The predicted octanol–water partition coefficient (Wildman–Crippen LogP) is 5.65. The topological polar surface area (TPSA) is 61.0 Å². The summed E-state index contributed by atoms with van der Waals surface area (Å²) in [7, 11) is -2.28. The quantitative estimate of drug-likeness (QED) is 0.634. The molecular formula is C17H20N2O4P2. The normalized spacial score (nSPS) is 22.6. The highest BCUT2D eigenvalue weighted by molar-refractivity contribution is 7.50. The molecule has 0 fully saturated rings. The van der Waals surface area contributed by atoms with Crippen LogP contribution >= 0.6 is 17.1 Å². The van der Waals surface area contributed by atoms with Crippen molar-refractivity contribution >= 4 is 28.4 Å². The fraction of sp³-hybridized carbons (Fsp3) is 0.294. The monoisotopic (exact) mass is 378 g/mol. The molecule has 0 spiro atoms. The number of hydrogen-bond acceptors (Lipinski definition) is 6. The fourth-order valence-corrected chi connectivity index (χ4v) is 5.22. The minimum atomic E-state index is -1.14. The molecule has 25 heavy (non-hydrogen) atoms. The molecule has 0 radical (unpaired) electrons. The highest BCUT2D eigenvalue weighted by atomic mass is 31.2. The van der Waals surface area contributed by atoms with Crippen LogP contribution in [-0.2, 0) is 9.05 Å². The van der Waals surface area contributed by atoms with Gasteiger partial charge in [-0.25, -0.2) is 0 Å². The average molecular weight is 378 g/mol. The maximum absolute atomic E-state index is 5.99. The predicted molar refractivity (Wildman–Crippen MR) is 101 cm³/mol. The zero-order valence-corrected chi connectivity index (χ0v) is 15.8. The van der Waals surface area contributed by atoms with Crippen LogP contribution in [0.4, 0.5) is 11.4 Å². The van der Waals surface area contributed by atoms with Gasteiger partial charge in [0, 0.05) is 6.42 Å². The van der Waals surface area contributed by atoms with Gasteiger partial charge in [-0.05, 0) is 38.1 Å². The van der Waals surface area contributed by atoms with E-state index >= 15 is 0 Å². The Morgan fingerprint density at radius 1 is 0.800 bits per heavy atom. The number of para-hydroxylation sites is 4. The Labute approximate surface area is 149 Å². The molecule has 2 aromatic carbocycles. The van der Waals surface area contributed by atoms with Crippen molar-refractivity contribution in [3.63, 3.8) is 0 Å². The van der Waals surface area contributed by atoms with Crippen LogP contribution in [0.2, 0.25) is 0 Å². The molecule has 2 aliphatic rings. The van der Waals surface area contributed by atoms with Crippen LogP contribution in [-0.4, -0.2) is 12.2 Å². The molecule has 132 valence electrons. The smallest absolute Gasteiger partial charge is 0.350 e. The first-order chi connectivity index (χ1) is 12.2. The molecule has 0 aliphatic carbocycles. The minimum Gasteiger partial charge on any atom is -0.430 e. The van der Waals surface area contributed by atoms with Crippen LogP contribution < -0.4 is 19.2 Å². The molecule has 0 saturated carbocycles. The second-order valence-electron chi connectivity index (χ2n) is 5.98. The van der Waals surface area contributed by atoms with Crippen LogP contribution in [0.15, 0.2) is 48.5 Å². The molecule has 2 aromatic rings. The Morgan fingerprint density at radius 2 is 1.24 bits per heavy atom. The van der Waals surface area contributed by atoms with Gasteiger partial charge in [0.2, 0.25) is 0 Å². The second kappa shape index (κ2) is 7.35. The molecule has 0 amide bonds. The third-order valence-electron chi connectivity index (χ3n) is 3.78. The van der Waals surface area contributed by atoms with E-state index in [9.17, 15) is 0 Å². The minimum absolute atomic E-state index is 0.00269. The van der Waals surface area contributed by atoms with Gasteiger partial charge in [-0.1, -0.05) is 24.3 Å². The van der Waals surface area contributed by atoms with Crippen molar-refractivity contribution in [3.8, 4) is 11.5 Å². The van der Waals surface area contributed by atoms with E-state index in [4.69, 9.17) is 18.1 Å². The largest absolute Gasteiger partial charge is 0.430 e. The van der Waals surface area contributed by atoms with Crippen molar-refractivity contribution < 1.29 is 18.1 Å². The standard InChI is InChI=1S/C17H20N2O4P2/c1-12(20-24-18-14-7-3-5-9-16(14)22-24)11-13(2)21-25-19-15-8-4-6-10-17(15)23-25/h3-10,12-13,18-19H,11H2,1-2H3. The Kier molecular flexibility index (Phi) is 4.96. The Hall–Kier alpha value is -1.58. The number of anilines is 2. The summed E-state index contributed by atoms with van der Waals surface area (Å²) in [5.41, 5.74) is 1.96. The lowest BCUT2D eigenvalue weighted by molar-refractivity contribution is 0.138. The third-order valence-corrected chi connectivity index (χ3v) is 6.45. The van der Waals surface area contributed by atoms with Gasteiger partial charge >= 0.3 is 17.1 Å². The van der Waals surface area contributed by atoms with Crippen molar-refractivity contribution in [2.45, 2.75) is 32.5 Å². The van der Waals surface area contributed by atoms with Gasteiger partial charge in [-0.3, -0.25) is 0 Å². The summed E-state index contributed by atoms with van der Waals surface area (Å²) in [5, 5.41) is 6.54. The van der Waals surface area contributed by atoms with Crippen molar-refractivity contribution in [3.05, 3.63) is 48.5 Å².